The molecule has 0 aliphatic carbocycles. The zero-order valence-corrected chi connectivity index (χ0v) is 11.7. The maximum atomic E-state index is 11.4. The predicted molar refractivity (Wildman–Crippen MR) is 74.5 cm³/mol. The van der Waals surface area contributed by atoms with Crippen LogP contribution in [-0.4, -0.2) is 18.8 Å². The number of carbonyl (C=O) groups is 1. The zero-order chi connectivity index (χ0) is 14.5. The Hall–Kier alpha value is -2.17. The van der Waals surface area contributed by atoms with Crippen molar-refractivity contribution in [2.45, 2.75) is 26.4 Å². The topological polar surface area (TPSA) is 59.6 Å². The highest BCUT2D eigenvalue weighted by molar-refractivity contribution is 5.70. The first-order valence-corrected chi connectivity index (χ1v) is 5.90. The van der Waals surface area contributed by atoms with Crippen molar-refractivity contribution < 1.29 is 14.3 Å². The number of ether oxygens (including phenoxy) is 2. The average molecular weight is 264 g/mol. The van der Waals surface area contributed by atoms with Gasteiger partial charge in [-0.3, -0.25) is 5.43 Å². The standard InChI is InChI=1S/C14H20N2O3/c1-10(11-6-8-12(18-5)9-7-11)15-16-13(17)19-14(2,3)4/h6-9,15H,1H2,2-5H3,(H,16,17). The molecule has 0 bridgehead atoms. The Kier molecular flexibility index (Phi) is 4.80. The van der Waals surface area contributed by atoms with Crippen LogP contribution in [0, 0.1) is 0 Å². The Morgan fingerprint density at radius 1 is 1.16 bits per heavy atom. The van der Waals surface area contributed by atoms with E-state index in [4.69, 9.17) is 9.47 Å². The summed E-state index contributed by atoms with van der Waals surface area (Å²) in [6.45, 7) is 9.22. The summed E-state index contributed by atoms with van der Waals surface area (Å²) in [5, 5.41) is 0. The van der Waals surface area contributed by atoms with Crippen LogP contribution >= 0.6 is 0 Å². The van der Waals surface area contributed by atoms with Gasteiger partial charge in [0.1, 0.15) is 11.4 Å². The summed E-state index contributed by atoms with van der Waals surface area (Å²) in [5.41, 5.74) is 6.00. The first-order chi connectivity index (χ1) is 8.81. The van der Waals surface area contributed by atoms with Crippen LogP contribution in [-0.2, 0) is 4.74 Å². The van der Waals surface area contributed by atoms with Crippen LogP contribution in [0.4, 0.5) is 4.79 Å². The number of nitrogens with one attached hydrogen (secondary N) is 2. The maximum absolute atomic E-state index is 11.4. The van der Waals surface area contributed by atoms with Crippen molar-refractivity contribution in [3.8, 4) is 5.75 Å². The Morgan fingerprint density at radius 3 is 2.21 bits per heavy atom. The monoisotopic (exact) mass is 264 g/mol. The number of benzene rings is 1. The highest BCUT2D eigenvalue weighted by Gasteiger charge is 2.15. The molecule has 5 heteroatoms. The Labute approximate surface area is 113 Å². The van der Waals surface area contributed by atoms with Crippen LogP contribution in [0.25, 0.3) is 5.70 Å². The largest absolute Gasteiger partial charge is 0.497 e. The SMILES string of the molecule is C=C(NNC(=O)OC(C)(C)C)c1ccc(OC)cc1. The molecule has 1 aromatic carbocycles. The predicted octanol–water partition coefficient (Wildman–Crippen LogP) is 2.70. The van der Waals surface area contributed by atoms with Gasteiger partial charge in [-0.2, -0.15) is 0 Å². The number of rotatable bonds is 4. The van der Waals surface area contributed by atoms with Crippen molar-refractivity contribution in [1.82, 2.24) is 10.9 Å². The van der Waals surface area contributed by atoms with Crippen LogP contribution in [0.2, 0.25) is 0 Å². The van der Waals surface area contributed by atoms with E-state index < -0.39 is 11.7 Å². The molecule has 0 saturated carbocycles. The molecule has 0 aliphatic rings. The molecule has 0 saturated heterocycles. The number of amides is 1. The molecule has 0 unspecified atom stereocenters. The van der Waals surface area contributed by atoms with Gasteiger partial charge in [0, 0.05) is 0 Å². The molecule has 5 nitrogen and oxygen atoms in total. The molecule has 19 heavy (non-hydrogen) atoms. The number of hydrogen-bond acceptors (Lipinski definition) is 4. The van der Waals surface area contributed by atoms with Crippen LogP contribution < -0.4 is 15.6 Å². The molecule has 1 rings (SSSR count). The second-order valence-electron chi connectivity index (χ2n) is 4.96. The average Bonchev–Trinajstić information content (AvgIpc) is 2.34. The van der Waals surface area contributed by atoms with Crippen molar-refractivity contribution in [3.05, 3.63) is 36.4 Å². The van der Waals surface area contributed by atoms with E-state index in [0.717, 1.165) is 11.3 Å². The lowest BCUT2D eigenvalue weighted by Gasteiger charge is -2.20. The van der Waals surface area contributed by atoms with Gasteiger partial charge in [0.15, 0.2) is 0 Å². The lowest BCUT2D eigenvalue weighted by atomic mass is 10.2. The third-order valence-electron chi connectivity index (χ3n) is 2.15. The van der Waals surface area contributed by atoms with Gasteiger partial charge in [0.05, 0.1) is 12.8 Å². The zero-order valence-electron chi connectivity index (χ0n) is 11.7. The lowest BCUT2D eigenvalue weighted by molar-refractivity contribution is 0.0511. The molecule has 0 radical (unpaired) electrons. The molecular formula is C14H20N2O3. The Morgan fingerprint density at radius 2 is 1.74 bits per heavy atom. The molecule has 2 N–H and O–H groups in total. The molecule has 0 heterocycles. The summed E-state index contributed by atoms with van der Waals surface area (Å²) in [7, 11) is 1.60. The lowest BCUT2D eigenvalue weighted by Crippen LogP contribution is -2.40. The summed E-state index contributed by atoms with van der Waals surface area (Å²) in [6, 6.07) is 7.31. The molecular weight excluding hydrogens is 244 g/mol. The van der Waals surface area contributed by atoms with E-state index in [1.807, 2.05) is 24.3 Å². The first kappa shape index (κ1) is 14.9. The maximum Gasteiger partial charge on any atom is 0.426 e. The molecule has 1 amide bonds. The smallest absolute Gasteiger partial charge is 0.426 e. The minimum atomic E-state index is -0.554. The van der Waals surface area contributed by atoms with Gasteiger partial charge in [-0.1, -0.05) is 6.58 Å². The quantitative estimate of drug-likeness (QED) is 0.821. The Bertz CT molecular complexity index is 447. The van der Waals surface area contributed by atoms with Gasteiger partial charge < -0.3 is 9.47 Å². The highest BCUT2D eigenvalue weighted by atomic mass is 16.6. The summed E-state index contributed by atoms with van der Waals surface area (Å²) >= 11 is 0. The van der Waals surface area contributed by atoms with Gasteiger partial charge in [-0.25, -0.2) is 10.2 Å². The van der Waals surface area contributed by atoms with Gasteiger partial charge in [0.2, 0.25) is 0 Å². The molecule has 0 spiro atoms. The van der Waals surface area contributed by atoms with Gasteiger partial charge in [0.25, 0.3) is 0 Å². The van der Waals surface area contributed by atoms with Crippen LogP contribution in [0.3, 0.4) is 0 Å². The van der Waals surface area contributed by atoms with Crippen molar-refractivity contribution in [3.63, 3.8) is 0 Å². The number of carbonyl (C=O) groups excluding carboxylic acids is 1. The summed E-state index contributed by atoms with van der Waals surface area (Å²) in [4.78, 5) is 11.4. The minimum absolute atomic E-state index is 0.535. The fourth-order valence-corrected chi connectivity index (χ4v) is 1.29. The van der Waals surface area contributed by atoms with Crippen molar-refractivity contribution in [1.29, 1.82) is 0 Å². The summed E-state index contributed by atoms with van der Waals surface area (Å²) < 4.78 is 10.1. The van der Waals surface area contributed by atoms with E-state index in [2.05, 4.69) is 17.4 Å². The number of methoxy groups -OCH3 is 1. The molecule has 1 aromatic rings. The summed E-state index contributed by atoms with van der Waals surface area (Å²) in [6.07, 6.45) is -0.554. The molecule has 0 atom stereocenters. The van der Waals surface area contributed by atoms with E-state index in [1.54, 1.807) is 27.9 Å². The van der Waals surface area contributed by atoms with Crippen LogP contribution in [0.5, 0.6) is 5.75 Å². The minimum Gasteiger partial charge on any atom is -0.497 e. The highest BCUT2D eigenvalue weighted by Crippen LogP contribution is 2.15. The summed E-state index contributed by atoms with van der Waals surface area (Å²) in [5.74, 6) is 0.761. The second kappa shape index (κ2) is 6.13. The second-order valence-corrected chi connectivity index (χ2v) is 4.96. The normalized spacial score (nSPS) is 10.5. The van der Waals surface area contributed by atoms with Gasteiger partial charge in [-0.05, 0) is 50.6 Å². The molecule has 104 valence electrons. The van der Waals surface area contributed by atoms with Gasteiger partial charge in [-0.15, -0.1) is 0 Å². The van der Waals surface area contributed by atoms with E-state index in [9.17, 15) is 4.79 Å². The van der Waals surface area contributed by atoms with Crippen molar-refractivity contribution in [2.24, 2.45) is 0 Å². The fourth-order valence-electron chi connectivity index (χ4n) is 1.29. The number of hydrogen-bond donors (Lipinski definition) is 2. The third kappa shape index (κ3) is 5.33. The van der Waals surface area contributed by atoms with E-state index in [0.29, 0.717) is 5.70 Å². The molecule has 0 fully saturated rings. The van der Waals surface area contributed by atoms with E-state index in [-0.39, 0.29) is 0 Å². The van der Waals surface area contributed by atoms with Crippen LogP contribution in [0.1, 0.15) is 26.3 Å². The van der Waals surface area contributed by atoms with E-state index >= 15 is 0 Å². The number of hydrazine groups is 1. The van der Waals surface area contributed by atoms with E-state index in [1.165, 1.54) is 0 Å². The molecule has 0 aliphatic heterocycles. The third-order valence-corrected chi connectivity index (χ3v) is 2.15. The fraction of sp³-hybridized carbons (Fsp3) is 0.357. The van der Waals surface area contributed by atoms with Crippen molar-refractivity contribution in [2.75, 3.05) is 7.11 Å². The van der Waals surface area contributed by atoms with Crippen LogP contribution in [0.15, 0.2) is 30.8 Å². The molecule has 0 aromatic heterocycles. The van der Waals surface area contributed by atoms with Gasteiger partial charge >= 0.3 is 6.09 Å². The Balaban J connectivity index is 2.49. The first-order valence-electron chi connectivity index (χ1n) is 5.90. The van der Waals surface area contributed by atoms with Crippen molar-refractivity contribution >= 4 is 11.8 Å².